The zero-order chi connectivity index (χ0) is 10.8. The van der Waals surface area contributed by atoms with Gasteiger partial charge in [0.15, 0.2) is 0 Å². The van der Waals surface area contributed by atoms with E-state index in [1.807, 2.05) is 0 Å². The topological polar surface area (TPSA) is 98.1 Å². The van der Waals surface area contributed by atoms with Gasteiger partial charge in [0, 0.05) is 0 Å². The summed E-state index contributed by atoms with van der Waals surface area (Å²) < 4.78 is 10.7. The Bertz CT molecular complexity index is 255. The number of aliphatic carboxylic acids is 1. The molecule has 82 valence electrons. The van der Waals surface area contributed by atoms with Crippen molar-refractivity contribution in [3.8, 4) is 0 Å². The third-order valence-corrected chi connectivity index (χ3v) is 3.09. The van der Waals surface area contributed by atoms with Crippen LogP contribution < -0.4 is 0 Å². The van der Waals surface area contributed by atoms with Crippen molar-refractivity contribution in [2.45, 2.75) is 12.8 Å². The predicted octanol–water partition coefficient (Wildman–Crippen LogP) is -0.0818. The lowest BCUT2D eigenvalue weighted by Crippen LogP contribution is -2.36. The summed E-state index contributed by atoms with van der Waals surface area (Å²) in [6, 6.07) is 0. The molecule has 0 radical (unpaired) electrons. The third-order valence-electron chi connectivity index (χ3n) is 2.32. The molecule has 7 heteroatoms. The van der Waals surface area contributed by atoms with E-state index in [0.717, 1.165) is 0 Å². The third kappa shape index (κ3) is 3.75. The highest BCUT2D eigenvalue weighted by Crippen LogP contribution is 2.36. The van der Waals surface area contributed by atoms with Gasteiger partial charge in [-0.15, -0.1) is 0 Å². The molecular weight excluding hydrogens is 209 g/mol. The van der Waals surface area contributed by atoms with Crippen LogP contribution in [0, 0.1) is 5.92 Å². The largest absolute Gasteiger partial charge is 0.481 e. The Balaban J connectivity index is 2.36. The fourth-order valence-electron chi connectivity index (χ4n) is 1.58. The number of likely N-dealkylation sites (tertiary alicyclic amines) is 1. The van der Waals surface area contributed by atoms with Gasteiger partial charge in [0.1, 0.15) is 6.29 Å². The van der Waals surface area contributed by atoms with Crippen LogP contribution in [0.5, 0.6) is 0 Å². The molecule has 0 aliphatic carbocycles. The molecule has 0 saturated carbocycles. The van der Waals surface area contributed by atoms with Crippen LogP contribution in [-0.4, -0.2) is 45.1 Å². The molecule has 6 nitrogen and oxygen atoms in total. The molecule has 1 fully saturated rings. The Kier molecular flexibility index (Phi) is 3.66. The molecule has 0 atom stereocenters. The summed E-state index contributed by atoms with van der Waals surface area (Å²) in [4.78, 5) is 29.6. The number of rotatable bonds is 3. The van der Waals surface area contributed by atoms with Gasteiger partial charge in [-0.1, -0.05) is 0 Å². The molecule has 1 saturated heterocycles. The van der Waals surface area contributed by atoms with Gasteiger partial charge in [-0.3, -0.25) is 14.3 Å². The normalized spacial score (nSPS) is 21.0. The lowest BCUT2D eigenvalue weighted by atomic mass is 9.98. The molecule has 0 amide bonds. The smallest absolute Gasteiger partial charge is 0.339 e. The van der Waals surface area contributed by atoms with Crippen molar-refractivity contribution < 1.29 is 24.3 Å². The van der Waals surface area contributed by atoms with E-state index in [-0.39, 0.29) is 12.2 Å². The molecule has 0 unspecified atom stereocenters. The molecule has 1 rings (SSSR count). The summed E-state index contributed by atoms with van der Waals surface area (Å²) >= 11 is 0. The summed E-state index contributed by atoms with van der Waals surface area (Å²) in [7, 11) is -4.00. The first kappa shape index (κ1) is 11.7. The van der Waals surface area contributed by atoms with Gasteiger partial charge in [-0.25, -0.2) is 0 Å². The van der Waals surface area contributed by atoms with Crippen molar-refractivity contribution in [1.82, 2.24) is 4.90 Å². The Hall–Kier alpha value is -0.420. The van der Waals surface area contributed by atoms with Crippen LogP contribution >= 0.6 is 7.60 Å². The summed E-state index contributed by atoms with van der Waals surface area (Å²) in [5.41, 5.74) is 0. The highest BCUT2D eigenvalue weighted by atomic mass is 31.2. The number of carboxylic acids is 1. The quantitative estimate of drug-likeness (QED) is 0.579. The molecule has 1 aliphatic rings. The SMILES string of the molecule is O=C(O)C1CCN(CP(=O)(O)O)CC1. The molecule has 0 aromatic carbocycles. The first-order valence-electron chi connectivity index (χ1n) is 4.38. The van der Waals surface area contributed by atoms with Crippen LogP contribution in [-0.2, 0) is 9.36 Å². The summed E-state index contributed by atoms with van der Waals surface area (Å²) in [6.45, 7) is 0.893. The highest BCUT2D eigenvalue weighted by molar-refractivity contribution is 7.51. The van der Waals surface area contributed by atoms with Crippen molar-refractivity contribution in [3.05, 3.63) is 0 Å². The van der Waals surface area contributed by atoms with E-state index in [0.29, 0.717) is 25.9 Å². The monoisotopic (exact) mass is 223 g/mol. The van der Waals surface area contributed by atoms with Crippen molar-refractivity contribution in [2.75, 3.05) is 19.4 Å². The molecule has 0 aromatic rings. The summed E-state index contributed by atoms with van der Waals surface area (Å²) in [5, 5.41) is 8.69. The zero-order valence-electron chi connectivity index (χ0n) is 7.67. The Morgan fingerprint density at radius 1 is 1.36 bits per heavy atom. The maximum atomic E-state index is 10.7. The number of carboxylic acid groups (broad SMARTS) is 1. The standard InChI is InChI=1S/C7H14NO5P/c9-7(10)6-1-3-8(4-2-6)5-14(11,12)13/h6H,1-5H2,(H,9,10)(H2,11,12,13). The van der Waals surface area contributed by atoms with Crippen LogP contribution in [0.3, 0.4) is 0 Å². The minimum atomic E-state index is -4.00. The summed E-state index contributed by atoms with van der Waals surface area (Å²) in [5.74, 6) is -1.18. The number of hydrogen-bond donors (Lipinski definition) is 3. The van der Waals surface area contributed by atoms with Crippen molar-refractivity contribution in [3.63, 3.8) is 0 Å². The van der Waals surface area contributed by atoms with Crippen LogP contribution in [0.2, 0.25) is 0 Å². The molecule has 0 spiro atoms. The maximum absolute atomic E-state index is 10.7. The molecule has 0 aromatic heterocycles. The number of hydrogen-bond acceptors (Lipinski definition) is 3. The molecule has 3 N–H and O–H groups in total. The molecule has 1 aliphatic heterocycles. The van der Waals surface area contributed by atoms with Gasteiger partial charge in [0.25, 0.3) is 0 Å². The molecule has 1 heterocycles. The van der Waals surface area contributed by atoms with Crippen molar-refractivity contribution >= 4 is 13.6 Å². The first-order chi connectivity index (χ1) is 6.38. The van der Waals surface area contributed by atoms with Crippen LogP contribution in [0.15, 0.2) is 0 Å². The lowest BCUT2D eigenvalue weighted by molar-refractivity contribution is -0.143. The van der Waals surface area contributed by atoms with Gasteiger partial charge in [-0.2, -0.15) is 0 Å². The van der Waals surface area contributed by atoms with Gasteiger partial charge in [0.2, 0.25) is 0 Å². The van der Waals surface area contributed by atoms with E-state index < -0.39 is 13.6 Å². The van der Waals surface area contributed by atoms with Crippen LogP contribution in [0.1, 0.15) is 12.8 Å². The van der Waals surface area contributed by atoms with E-state index in [1.165, 1.54) is 0 Å². The highest BCUT2D eigenvalue weighted by Gasteiger charge is 2.27. The second-order valence-corrected chi connectivity index (χ2v) is 5.15. The molecule has 14 heavy (non-hydrogen) atoms. The average molecular weight is 223 g/mol. The van der Waals surface area contributed by atoms with Gasteiger partial charge in [0.05, 0.1) is 5.92 Å². The minimum absolute atomic E-state index is 0.265. The second kappa shape index (κ2) is 4.40. The molecular formula is C7H14NO5P. The van der Waals surface area contributed by atoms with Gasteiger partial charge < -0.3 is 14.9 Å². The summed E-state index contributed by atoms with van der Waals surface area (Å²) in [6.07, 6.45) is 0.671. The Morgan fingerprint density at radius 3 is 2.21 bits per heavy atom. The number of carbonyl (C=O) groups is 1. The van der Waals surface area contributed by atoms with E-state index in [9.17, 15) is 9.36 Å². The Morgan fingerprint density at radius 2 is 1.86 bits per heavy atom. The average Bonchev–Trinajstić information content (AvgIpc) is 2.02. The first-order valence-corrected chi connectivity index (χ1v) is 6.18. The fraction of sp³-hybridized carbons (Fsp3) is 0.857. The van der Waals surface area contributed by atoms with Crippen LogP contribution in [0.25, 0.3) is 0 Å². The minimum Gasteiger partial charge on any atom is -0.481 e. The van der Waals surface area contributed by atoms with Crippen LogP contribution in [0.4, 0.5) is 0 Å². The van der Waals surface area contributed by atoms with Crippen molar-refractivity contribution in [2.24, 2.45) is 5.92 Å². The second-order valence-electron chi connectivity index (χ2n) is 3.54. The number of nitrogens with zero attached hydrogens (tertiary/aromatic N) is 1. The Labute approximate surface area is 81.7 Å². The van der Waals surface area contributed by atoms with Gasteiger partial charge in [-0.05, 0) is 25.9 Å². The lowest BCUT2D eigenvalue weighted by Gasteiger charge is -2.29. The van der Waals surface area contributed by atoms with E-state index >= 15 is 0 Å². The van der Waals surface area contributed by atoms with Gasteiger partial charge >= 0.3 is 13.6 Å². The zero-order valence-corrected chi connectivity index (χ0v) is 8.56. The van der Waals surface area contributed by atoms with E-state index in [4.69, 9.17) is 14.9 Å². The van der Waals surface area contributed by atoms with E-state index in [2.05, 4.69) is 0 Å². The van der Waals surface area contributed by atoms with Crippen molar-refractivity contribution in [1.29, 1.82) is 0 Å². The predicted molar refractivity (Wildman–Crippen MR) is 48.8 cm³/mol. The maximum Gasteiger partial charge on any atom is 0.339 e. The number of piperidine rings is 1. The van der Waals surface area contributed by atoms with E-state index in [1.54, 1.807) is 4.90 Å². The fourth-order valence-corrected chi connectivity index (χ4v) is 2.39. The molecule has 0 bridgehead atoms.